The Morgan fingerprint density at radius 3 is 2.61 bits per heavy atom. The highest BCUT2D eigenvalue weighted by atomic mass is 127. The fraction of sp³-hybridized carbons (Fsp3) is 0.700. The molecular formula is C20H34IN5OS. The number of thiophene rings is 1. The van der Waals surface area contributed by atoms with E-state index < -0.39 is 0 Å². The van der Waals surface area contributed by atoms with Gasteiger partial charge in [-0.25, -0.2) is 4.99 Å². The smallest absolute Gasteiger partial charge is 0.243 e. The number of nitrogens with one attached hydrogen (secondary N) is 2. The summed E-state index contributed by atoms with van der Waals surface area (Å²) in [5.41, 5.74) is 0. The quantitative estimate of drug-likeness (QED) is 0.331. The van der Waals surface area contributed by atoms with Crippen LogP contribution in [-0.4, -0.2) is 68.0 Å². The van der Waals surface area contributed by atoms with Crippen LogP contribution in [-0.2, 0) is 4.79 Å². The van der Waals surface area contributed by atoms with Crippen LogP contribution in [0.25, 0.3) is 0 Å². The van der Waals surface area contributed by atoms with Crippen molar-refractivity contribution in [2.75, 3.05) is 40.3 Å². The number of nitrogens with zero attached hydrogens (tertiary/aromatic N) is 3. The third-order valence-corrected chi connectivity index (χ3v) is 6.46. The van der Waals surface area contributed by atoms with Gasteiger partial charge in [-0.1, -0.05) is 18.9 Å². The molecule has 0 spiro atoms. The summed E-state index contributed by atoms with van der Waals surface area (Å²) in [5.74, 6) is 0.801. The van der Waals surface area contributed by atoms with Gasteiger partial charge in [0.2, 0.25) is 5.91 Å². The molecule has 1 aromatic heterocycles. The number of likely N-dealkylation sites (N-methyl/N-ethyl adjacent to an activating group) is 1. The van der Waals surface area contributed by atoms with Gasteiger partial charge in [0.15, 0.2) is 5.96 Å². The van der Waals surface area contributed by atoms with Gasteiger partial charge in [0, 0.05) is 31.6 Å². The highest BCUT2D eigenvalue weighted by Gasteiger charge is 2.25. The van der Waals surface area contributed by atoms with Crippen LogP contribution in [0.3, 0.4) is 0 Å². The first-order chi connectivity index (χ1) is 13.1. The lowest BCUT2D eigenvalue weighted by molar-refractivity contribution is -0.127. The van der Waals surface area contributed by atoms with E-state index >= 15 is 0 Å². The molecule has 3 rings (SSSR count). The van der Waals surface area contributed by atoms with Crippen LogP contribution >= 0.6 is 35.3 Å². The Hall–Kier alpha value is -0.870. The van der Waals surface area contributed by atoms with Crippen molar-refractivity contribution < 1.29 is 4.79 Å². The first kappa shape index (κ1) is 23.4. The van der Waals surface area contributed by atoms with Gasteiger partial charge in [0.25, 0.3) is 0 Å². The van der Waals surface area contributed by atoms with E-state index in [1.807, 2.05) is 11.3 Å². The number of rotatable bonds is 7. The molecule has 1 saturated heterocycles. The number of hydrogen-bond acceptors (Lipinski definition) is 4. The number of guanidine groups is 1. The average Bonchev–Trinajstić information content (AvgIpc) is 3.42. The van der Waals surface area contributed by atoms with Crippen molar-refractivity contribution in [1.29, 1.82) is 0 Å². The normalized spacial score (nSPS) is 19.3. The second-order valence-electron chi connectivity index (χ2n) is 7.73. The Kier molecular flexibility index (Phi) is 10.0. The third kappa shape index (κ3) is 6.88. The fourth-order valence-corrected chi connectivity index (χ4v) is 4.70. The first-order valence-corrected chi connectivity index (χ1v) is 11.0. The fourth-order valence-electron chi connectivity index (χ4n) is 3.84. The van der Waals surface area contributed by atoms with E-state index in [9.17, 15) is 4.79 Å². The summed E-state index contributed by atoms with van der Waals surface area (Å²) in [5, 5.41) is 9.25. The number of halogens is 1. The van der Waals surface area contributed by atoms with Crippen LogP contribution in [0.2, 0.25) is 0 Å². The maximum atomic E-state index is 12.0. The molecule has 0 aromatic carbocycles. The highest BCUT2D eigenvalue weighted by molar-refractivity contribution is 14.0. The molecule has 1 aromatic rings. The molecule has 6 nitrogen and oxygen atoms in total. The molecule has 1 atom stereocenters. The minimum absolute atomic E-state index is 0. The average molecular weight is 519 g/mol. The van der Waals surface area contributed by atoms with Crippen molar-refractivity contribution in [3.63, 3.8) is 0 Å². The summed E-state index contributed by atoms with van der Waals surface area (Å²) in [6, 6.07) is 5.20. The molecule has 1 aliphatic carbocycles. The van der Waals surface area contributed by atoms with Crippen molar-refractivity contribution in [3.8, 4) is 0 Å². The van der Waals surface area contributed by atoms with E-state index in [1.54, 1.807) is 19.0 Å². The van der Waals surface area contributed by atoms with Crippen LogP contribution in [0.15, 0.2) is 22.5 Å². The molecule has 2 aliphatic rings. The van der Waals surface area contributed by atoms with Crippen molar-refractivity contribution in [1.82, 2.24) is 20.4 Å². The highest BCUT2D eigenvalue weighted by Crippen LogP contribution is 2.27. The molecule has 28 heavy (non-hydrogen) atoms. The monoisotopic (exact) mass is 519 g/mol. The van der Waals surface area contributed by atoms with Crippen LogP contribution in [0.4, 0.5) is 0 Å². The van der Waals surface area contributed by atoms with Crippen LogP contribution in [0.5, 0.6) is 0 Å². The molecule has 1 amide bonds. The second-order valence-corrected chi connectivity index (χ2v) is 8.71. The topological polar surface area (TPSA) is 60.0 Å². The predicted molar refractivity (Wildman–Crippen MR) is 128 cm³/mol. The van der Waals surface area contributed by atoms with Gasteiger partial charge < -0.3 is 15.5 Å². The molecule has 1 unspecified atom stereocenters. The van der Waals surface area contributed by atoms with E-state index in [4.69, 9.17) is 0 Å². The SMILES string of the molecule is CN(C)C(=O)CN=C(NCC(c1cccs1)N1CCCC1)NC1CCCC1.I. The molecule has 158 valence electrons. The van der Waals surface area contributed by atoms with Gasteiger partial charge in [-0.05, 0) is 50.2 Å². The maximum Gasteiger partial charge on any atom is 0.243 e. The summed E-state index contributed by atoms with van der Waals surface area (Å²) in [6.45, 7) is 3.31. The van der Waals surface area contributed by atoms with Crippen molar-refractivity contribution in [2.24, 2.45) is 4.99 Å². The van der Waals surface area contributed by atoms with E-state index in [-0.39, 0.29) is 36.4 Å². The van der Waals surface area contributed by atoms with Gasteiger partial charge in [-0.2, -0.15) is 0 Å². The zero-order valence-corrected chi connectivity index (χ0v) is 20.2. The number of amides is 1. The number of likely N-dealkylation sites (tertiary alicyclic amines) is 1. The molecule has 0 radical (unpaired) electrons. The Morgan fingerprint density at radius 1 is 1.29 bits per heavy atom. The summed E-state index contributed by atoms with van der Waals surface area (Å²) < 4.78 is 0. The number of aliphatic imine (C=N–C) groups is 1. The Labute approximate surface area is 190 Å². The molecule has 8 heteroatoms. The zero-order valence-electron chi connectivity index (χ0n) is 17.0. The molecule has 2 heterocycles. The summed E-state index contributed by atoms with van der Waals surface area (Å²) in [7, 11) is 3.55. The van der Waals surface area contributed by atoms with E-state index in [2.05, 4.69) is 38.0 Å². The predicted octanol–water partition coefficient (Wildman–Crippen LogP) is 3.07. The lowest BCUT2D eigenvalue weighted by Gasteiger charge is -2.28. The maximum absolute atomic E-state index is 12.0. The number of carbonyl (C=O) groups excluding carboxylic acids is 1. The third-order valence-electron chi connectivity index (χ3n) is 5.48. The van der Waals surface area contributed by atoms with Gasteiger partial charge >= 0.3 is 0 Å². The first-order valence-electron chi connectivity index (χ1n) is 10.2. The standard InChI is InChI=1S/C20H33N5OS.HI/c1-24(2)19(26)15-22-20(23-16-8-3-4-9-16)21-14-17(18-10-7-13-27-18)25-11-5-6-12-25;/h7,10,13,16-17H,3-6,8-9,11-12,14-15H2,1-2H3,(H2,21,22,23);1H. The van der Waals surface area contributed by atoms with Gasteiger partial charge in [0.1, 0.15) is 6.54 Å². The second kappa shape index (κ2) is 12.0. The van der Waals surface area contributed by atoms with E-state index in [0.29, 0.717) is 12.1 Å². The number of carbonyl (C=O) groups is 1. The van der Waals surface area contributed by atoms with Gasteiger partial charge in [-0.15, -0.1) is 35.3 Å². The Bertz CT molecular complexity index is 610. The summed E-state index contributed by atoms with van der Waals surface area (Å²) in [4.78, 5) is 22.1. The van der Waals surface area contributed by atoms with E-state index in [0.717, 1.165) is 25.6 Å². The van der Waals surface area contributed by atoms with Crippen LogP contribution in [0, 0.1) is 0 Å². The lowest BCUT2D eigenvalue weighted by Crippen LogP contribution is -2.46. The summed E-state index contributed by atoms with van der Waals surface area (Å²) in [6.07, 6.45) is 7.47. The van der Waals surface area contributed by atoms with Crippen molar-refractivity contribution in [2.45, 2.75) is 50.6 Å². The van der Waals surface area contributed by atoms with Gasteiger partial charge in [-0.3, -0.25) is 9.69 Å². The molecular weight excluding hydrogens is 485 g/mol. The van der Waals surface area contributed by atoms with E-state index in [1.165, 1.54) is 43.4 Å². The molecule has 2 N–H and O–H groups in total. The lowest BCUT2D eigenvalue weighted by atomic mass is 10.2. The Morgan fingerprint density at radius 2 is 2.00 bits per heavy atom. The minimum atomic E-state index is 0. The molecule has 1 aliphatic heterocycles. The molecule has 1 saturated carbocycles. The molecule has 2 fully saturated rings. The van der Waals surface area contributed by atoms with Crippen LogP contribution < -0.4 is 10.6 Å². The largest absolute Gasteiger partial charge is 0.354 e. The Balaban J connectivity index is 0.00000280. The van der Waals surface area contributed by atoms with Crippen molar-refractivity contribution >= 4 is 47.2 Å². The summed E-state index contributed by atoms with van der Waals surface area (Å²) >= 11 is 1.82. The molecule has 0 bridgehead atoms. The number of hydrogen-bond donors (Lipinski definition) is 2. The minimum Gasteiger partial charge on any atom is -0.354 e. The van der Waals surface area contributed by atoms with Crippen molar-refractivity contribution in [3.05, 3.63) is 22.4 Å². The van der Waals surface area contributed by atoms with Crippen LogP contribution in [0.1, 0.15) is 49.4 Å². The van der Waals surface area contributed by atoms with Gasteiger partial charge in [0.05, 0.1) is 6.04 Å². The zero-order chi connectivity index (χ0) is 19.1.